The standard InChI is InChI=1S/C26H20BrIN2O3/c1-32-24-13-9-19(27)14-22(24)26(31)30-29-15-23-21-5-3-2-4-18(21)8-12-25(23)33-16-17-6-10-20(28)11-7-17/h2-15H,16H2,1H3,(H,30,31)/b29-15-. The van der Waals surface area contributed by atoms with E-state index in [-0.39, 0.29) is 5.91 Å². The average molecular weight is 615 g/mol. The van der Waals surface area contributed by atoms with Gasteiger partial charge in [-0.3, -0.25) is 4.79 Å². The smallest absolute Gasteiger partial charge is 0.275 e. The molecule has 1 amide bonds. The normalized spacial score (nSPS) is 11.0. The summed E-state index contributed by atoms with van der Waals surface area (Å²) in [5, 5.41) is 6.26. The fourth-order valence-electron chi connectivity index (χ4n) is 3.35. The molecule has 4 rings (SSSR count). The van der Waals surface area contributed by atoms with Crippen LogP contribution in [0.4, 0.5) is 0 Å². The van der Waals surface area contributed by atoms with Gasteiger partial charge in [-0.1, -0.05) is 58.4 Å². The zero-order valence-electron chi connectivity index (χ0n) is 17.7. The van der Waals surface area contributed by atoms with Crippen molar-refractivity contribution in [1.82, 2.24) is 5.43 Å². The number of nitrogens with one attached hydrogen (secondary N) is 1. The molecule has 4 aromatic rings. The molecule has 1 N–H and O–H groups in total. The Morgan fingerprint density at radius 2 is 1.79 bits per heavy atom. The van der Waals surface area contributed by atoms with E-state index in [9.17, 15) is 4.79 Å². The molecule has 7 heteroatoms. The van der Waals surface area contributed by atoms with Crippen LogP contribution in [0.2, 0.25) is 0 Å². The second kappa shape index (κ2) is 10.8. The van der Waals surface area contributed by atoms with Gasteiger partial charge in [-0.05, 0) is 75.3 Å². The van der Waals surface area contributed by atoms with E-state index in [2.05, 4.69) is 49.0 Å². The highest BCUT2D eigenvalue weighted by Crippen LogP contribution is 2.28. The first-order chi connectivity index (χ1) is 16.0. The summed E-state index contributed by atoms with van der Waals surface area (Å²) in [4.78, 5) is 12.7. The van der Waals surface area contributed by atoms with Crippen LogP contribution in [-0.2, 0) is 6.61 Å². The number of methoxy groups -OCH3 is 1. The Labute approximate surface area is 214 Å². The van der Waals surface area contributed by atoms with Crippen LogP contribution in [0.3, 0.4) is 0 Å². The maximum atomic E-state index is 12.7. The number of carbonyl (C=O) groups excluding carboxylic acids is 1. The minimum Gasteiger partial charge on any atom is -0.496 e. The lowest BCUT2D eigenvalue weighted by molar-refractivity contribution is 0.0952. The molecule has 0 spiro atoms. The first-order valence-electron chi connectivity index (χ1n) is 10.1. The highest BCUT2D eigenvalue weighted by Gasteiger charge is 2.13. The first kappa shape index (κ1) is 23.3. The highest BCUT2D eigenvalue weighted by molar-refractivity contribution is 14.1. The SMILES string of the molecule is COc1ccc(Br)cc1C(=O)N/N=C\c1c(OCc2ccc(I)cc2)ccc2ccccc12. The quantitative estimate of drug-likeness (QED) is 0.146. The maximum Gasteiger partial charge on any atom is 0.275 e. The van der Waals surface area contributed by atoms with Crippen molar-refractivity contribution in [3.8, 4) is 11.5 Å². The number of fused-ring (bicyclic) bond motifs is 1. The van der Waals surface area contributed by atoms with Gasteiger partial charge in [-0.25, -0.2) is 5.43 Å². The van der Waals surface area contributed by atoms with E-state index >= 15 is 0 Å². The molecule has 0 aliphatic carbocycles. The highest BCUT2D eigenvalue weighted by atomic mass is 127. The monoisotopic (exact) mass is 614 g/mol. The maximum absolute atomic E-state index is 12.7. The predicted octanol–water partition coefficient (Wildman–Crippen LogP) is 6.56. The minimum absolute atomic E-state index is 0.369. The Balaban J connectivity index is 1.59. The number of hydrazone groups is 1. The lowest BCUT2D eigenvalue weighted by Gasteiger charge is -2.12. The van der Waals surface area contributed by atoms with Crippen LogP contribution in [0.25, 0.3) is 10.8 Å². The van der Waals surface area contributed by atoms with Crippen molar-refractivity contribution < 1.29 is 14.3 Å². The number of nitrogens with zero attached hydrogens (tertiary/aromatic N) is 1. The van der Waals surface area contributed by atoms with Crippen molar-refractivity contribution in [1.29, 1.82) is 0 Å². The van der Waals surface area contributed by atoms with Crippen LogP contribution in [-0.4, -0.2) is 19.2 Å². The molecule has 0 atom stereocenters. The van der Waals surface area contributed by atoms with Crippen molar-refractivity contribution in [2.24, 2.45) is 5.10 Å². The average Bonchev–Trinajstić information content (AvgIpc) is 2.84. The third kappa shape index (κ3) is 5.72. The van der Waals surface area contributed by atoms with E-state index in [1.807, 2.05) is 66.7 Å². The van der Waals surface area contributed by atoms with Crippen molar-refractivity contribution in [3.63, 3.8) is 0 Å². The number of amides is 1. The predicted molar refractivity (Wildman–Crippen MR) is 143 cm³/mol. The summed E-state index contributed by atoms with van der Waals surface area (Å²) in [6.45, 7) is 0.428. The molecule has 0 heterocycles. The Bertz CT molecular complexity index is 1320. The van der Waals surface area contributed by atoms with Gasteiger partial charge in [0, 0.05) is 13.6 Å². The Morgan fingerprint density at radius 1 is 1.03 bits per heavy atom. The molecule has 0 saturated carbocycles. The Hall–Kier alpha value is -2.91. The summed E-state index contributed by atoms with van der Waals surface area (Å²) in [5.41, 5.74) is 4.84. The minimum atomic E-state index is -0.369. The molecule has 0 saturated heterocycles. The zero-order chi connectivity index (χ0) is 23.2. The molecular weight excluding hydrogens is 595 g/mol. The summed E-state index contributed by atoms with van der Waals surface area (Å²) in [6.07, 6.45) is 1.62. The zero-order valence-corrected chi connectivity index (χ0v) is 21.5. The van der Waals surface area contributed by atoms with E-state index in [1.165, 1.54) is 10.7 Å². The van der Waals surface area contributed by atoms with Crippen molar-refractivity contribution in [2.45, 2.75) is 6.61 Å². The molecule has 5 nitrogen and oxygen atoms in total. The molecule has 33 heavy (non-hydrogen) atoms. The van der Waals surface area contributed by atoms with E-state index in [0.29, 0.717) is 23.7 Å². The number of hydrogen-bond acceptors (Lipinski definition) is 4. The fraction of sp³-hybridized carbons (Fsp3) is 0.0769. The molecule has 0 bridgehead atoms. The molecule has 0 aliphatic heterocycles. The van der Waals surface area contributed by atoms with Crippen molar-refractivity contribution in [3.05, 3.63) is 104 Å². The van der Waals surface area contributed by atoms with Crippen LogP contribution in [0, 0.1) is 3.57 Å². The second-order valence-corrected chi connectivity index (χ2v) is 9.32. The lowest BCUT2D eigenvalue weighted by atomic mass is 10.0. The molecular formula is C26H20BrIN2O3. The summed E-state index contributed by atoms with van der Waals surface area (Å²) < 4.78 is 13.4. The molecule has 0 fully saturated rings. The summed E-state index contributed by atoms with van der Waals surface area (Å²) in [7, 11) is 1.52. The van der Waals surface area contributed by atoms with Gasteiger partial charge in [0.2, 0.25) is 0 Å². The summed E-state index contributed by atoms with van der Waals surface area (Å²) >= 11 is 5.66. The molecule has 0 unspecified atom stereocenters. The number of ether oxygens (including phenoxy) is 2. The molecule has 0 aromatic heterocycles. The third-order valence-corrected chi connectivity index (χ3v) is 6.22. The van der Waals surface area contributed by atoms with Gasteiger partial charge in [-0.15, -0.1) is 0 Å². The van der Waals surface area contributed by atoms with E-state index < -0.39 is 0 Å². The van der Waals surface area contributed by atoms with Gasteiger partial charge in [-0.2, -0.15) is 5.10 Å². The van der Waals surface area contributed by atoms with Gasteiger partial charge in [0.05, 0.1) is 18.9 Å². The fourth-order valence-corrected chi connectivity index (χ4v) is 4.07. The third-order valence-electron chi connectivity index (χ3n) is 5.00. The van der Waals surface area contributed by atoms with Crippen LogP contribution >= 0.6 is 38.5 Å². The van der Waals surface area contributed by atoms with E-state index in [1.54, 1.807) is 18.3 Å². The first-order valence-corrected chi connectivity index (χ1v) is 12.0. The molecule has 0 radical (unpaired) electrons. The van der Waals surface area contributed by atoms with Crippen molar-refractivity contribution in [2.75, 3.05) is 7.11 Å². The van der Waals surface area contributed by atoms with Gasteiger partial charge in [0.25, 0.3) is 5.91 Å². The van der Waals surface area contributed by atoms with Gasteiger partial charge in [0.1, 0.15) is 18.1 Å². The Morgan fingerprint density at radius 3 is 2.58 bits per heavy atom. The number of rotatable bonds is 7. The van der Waals surface area contributed by atoms with Crippen LogP contribution in [0.5, 0.6) is 11.5 Å². The Kier molecular flexibility index (Phi) is 7.61. The van der Waals surface area contributed by atoms with Crippen LogP contribution in [0.1, 0.15) is 21.5 Å². The topological polar surface area (TPSA) is 59.9 Å². The van der Waals surface area contributed by atoms with Crippen molar-refractivity contribution >= 4 is 61.4 Å². The van der Waals surface area contributed by atoms with Gasteiger partial charge >= 0.3 is 0 Å². The number of carbonyl (C=O) groups is 1. The van der Waals surface area contributed by atoms with E-state index in [4.69, 9.17) is 9.47 Å². The van der Waals surface area contributed by atoms with Crippen LogP contribution < -0.4 is 14.9 Å². The molecule has 0 aliphatic rings. The van der Waals surface area contributed by atoms with E-state index in [0.717, 1.165) is 26.4 Å². The second-order valence-electron chi connectivity index (χ2n) is 7.16. The summed E-state index contributed by atoms with van der Waals surface area (Å²) in [5.74, 6) is 0.786. The molecule has 166 valence electrons. The summed E-state index contributed by atoms with van der Waals surface area (Å²) in [6, 6.07) is 25.3. The van der Waals surface area contributed by atoms with Gasteiger partial charge in [0.15, 0.2) is 0 Å². The lowest BCUT2D eigenvalue weighted by Crippen LogP contribution is -2.18. The van der Waals surface area contributed by atoms with Gasteiger partial charge < -0.3 is 9.47 Å². The molecule has 4 aromatic carbocycles. The number of benzene rings is 4. The van der Waals surface area contributed by atoms with Crippen LogP contribution in [0.15, 0.2) is 88.4 Å². The number of hydrogen-bond donors (Lipinski definition) is 1. The number of halogens is 2. The largest absolute Gasteiger partial charge is 0.496 e.